The lowest BCUT2D eigenvalue weighted by Gasteiger charge is -2.37. The van der Waals surface area contributed by atoms with Crippen LogP contribution in [0.2, 0.25) is 0 Å². The zero-order valence-corrected chi connectivity index (χ0v) is 13.2. The molecular weight excluding hydrogens is 323 g/mol. The second-order valence-electron chi connectivity index (χ2n) is 5.39. The van der Waals surface area contributed by atoms with Gasteiger partial charge in [0.1, 0.15) is 5.82 Å². The van der Waals surface area contributed by atoms with Gasteiger partial charge in [0.05, 0.1) is 5.56 Å². The lowest BCUT2D eigenvalue weighted by molar-refractivity contribution is 0.0619. The normalized spacial score (nSPS) is 22.6. The van der Waals surface area contributed by atoms with Crippen molar-refractivity contribution in [1.82, 2.24) is 4.90 Å². The molecule has 0 spiro atoms. The van der Waals surface area contributed by atoms with Gasteiger partial charge in [-0.3, -0.25) is 4.79 Å². The summed E-state index contributed by atoms with van der Waals surface area (Å²) in [5, 5.41) is 0. The van der Waals surface area contributed by atoms with Crippen LogP contribution in [0.5, 0.6) is 0 Å². The van der Waals surface area contributed by atoms with Crippen LogP contribution < -0.4 is 5.73 Å². The summed E-state index contributed by atoms with van der Waals surface area (Å²) in [6, 6.07) is 4.34. The molecule has 1 aromatic carbocycles. The molecule has 0 aliphatic heterocycles. The lowest BCUT2D eigenvalue weighted by Crippen LogP contribution is -2.46. The van der Waals surface area contributed by atoms with Gasteiger partial charge in [-0.05, 0) is 59.4 Å². The summed E-state index contributed by atoms with van der Waals surface area (Å²) in [5.41, 5.74) is 6.19. The van der Waals surface area contributed by atoms with Gasteiger partial charge in [-0.2, -0.15) is 0 Å². The largest absolute Gasteiger partial charge is 0.338 e. The maximum absolute atomic E-state index is 13.3. The van der Waals surface area contributed by atoms with Gasteiger partial charge in [0.25, 0.3) is 5.91 Å². The fourth-order valence-electron chi connectivity index (χ4n) is 2.97. The van der Waals surface area contributed by atoms with E-state index in [1.165, 1.54) is 18.6 Å². The number of nitrogens with zero attached hydrogens (tertiary/aromatic N) is 1. The van der Waals surface area contributed by atoms with Crippen LogP contribution in [-0.2, 0) is 0 Å². The Bertz CT molecular complexity index is 495. The minimum Gasteiger partial charge on any atom is -0.338 e. The zero-order valence-electron chi connectivity index (χ0n) is 11.6. The summed E-state index contributed by atoms with van der Waals surface area (Å²) in [6.45, 7) is 0.590. The van der Waals surface area contributed by atoms with E-state index in [0.29, 0.717) is 22.5 Å². The summed E-state index contributed by atoms with van der Waals surface area (Å²) in [6.07, 6.45) is 4.31. The second kappa shape index (κ2) is 6.68. The topological polar surface area (TPSA) is 46.3 Å². The third-order valence-corrected chi connectivity index (χ3v) is 4.84. The summed E-state index contributed by atoms with van der Waals surface area (Å²) >= 11 is 3.32. The van der Waals surface area contributed by atoms with Crippen molar-refractivity contribution in [3.63, 3.8) is 0 Å². The van der Waals surface area contributed by atoms with E-state index in [9.17, 15) is 9.18 Å². The smallest absolute Gasteiger partial charge is 0.255 e. The number of amides is 1. The van der Waals surface area contributed by atoms with E-state index in [1.807, 2.05) is 0 Å². The first-order valence-corrected chi connectivity index (χ1v) is 7.76. The summed E-state index contributed by atoms with van der Waals surface area (Å²) in [4.78, 5) is 14.3. The molecule has 1 amide bonds. The van der Waals surface area contributed by atoms with Gasteiger partial charge >= 0.3 is 0 Å². The Kier molecular flexibility index (Phi) is 5.16. The van der Waals surface area contributed by atoms with Crippen LogP contribution in [0.1, 0.15) is 36.0 Å². The first-order valence-electron chi connectivity index (χ1n) is 6.97. The molecular formula is C15H20BrFN2O. The predicted octanol–water partition coefficient (Wildman–Crippen LogP) is 3.18. The molecule has 5 heteroatoms. The second-order valence-corrected chi connectivity index (χ2v) is 6.24. The number of rotatable bonds is 3. The number of carbonyl (C=O) groups is 1. The number of benzene rings is 1. The maximum atomic E-state index is 13.3. The highest BCUT2D eigenvalue weighted by Crippen LogP contribution is 2.29. The molecule has 1 aliphatic carbocycles. The van der Waals surface area contributed by atoms with Crippen LogP contribution in [0.4, 0.5) is 4.39 Å². The Balaban J connectivity index is 2.21. The average molecular weight is 343 g/mol. The van der Waals surface area contributed by atoms with Gasteiger partial charge in [-0.25, -0.2) is 4.39 Å². The van der Waals surface area contributed by atoms with Gasteiger partial charge in [0, 0.05) is 17.6 Å². The van der Waals surface area contributed by atoms with Crippen LogP contribution in [-0.4, -0.2) is 30.4 Å². The van der Waals surface area contributed by atoms with E-state index in [-0.39, 0.29) is 11.9 Å². The van der Waals surface area contributed by atoms with E-state index >= 15 is 0 Å². The predicted molar refractivity (Wildman–Crippen MR) is 81.0 cm³/mol. The first-order chi connectivity index (χ1) is 9.54. The molecule has 2 unspecified atom stereocenters. The van der Waals surface area contributed by atoms with Gasteiger partial charge in [-0.1, -0.05) is 12.8 Å². The standard InChI is InChI=1S/C15H20BrFN2O/c1-19(14-5-3-2-4-10(14)9-18)15(20)12-8-11(17)6-7-13(12)16/h6-8,10,14H,2-5,9,18H2,1H3. The minimum atomic E-state index is -0.399. The molecule has 3 nitrogen and oxygen atoms in total. The number of carbonyl (C=O) groups excluding carboxylic acids is 1. The fourth-order valence-corrected chi connectivity index (χ4v) is 3.39. The van der Waals surface area contributed by atoms with Crippen molar-refractivity contribution >= 4 is 21.8 Å². The Morgan fingerprint density at radius 2 is 2.15 bits per heavy atom. The highest BCUT2D eigenvalue weighted by Gasteiger charge is 2.30. The number of nitrogens with two attached hydrogens (primary N) is 1. The van der Waals surface area contributed by atoms with Crippen LogP contribution in [0.15, 0.2) is 22.7 Å². The van der Waals surface area contributed by atoms with Crippen molar-refractivity contribution in [3.8, 4) is 0 Å². The SMILES string of the molecule is CN(C(=O)c1cc(F)ccc1Br)C1CCCCC1CN. The molecule has 2 rings (SSSR count). The molecule has 0 radical (unpaired) electrons. The molecule has 20 heavy (non-hydrogen) atoms. The molecule has 0 aromatic heterocycles. The number of hydrogen-bond donors (Lipinski definition) is 1. The van der Waals surface area contributed by atoms with E-state index in [4.69, 9.17) is 5.73 Å². The number of hydrogen-bond acceptors (Lipinski definition) is 2. The van der Waals surface area contributed by atoms with Crippen LogP contribution in [0.3, 0.4) is 0 Å². The Hall–Kier alpha value is -0.940. The molecule has 1 aromatic rings. The van der Waals surface area contributed by atoms with Crippen LogP contribution >= 0.6 is 15.9 Å². The van der Waals surface area contributed by atoms with Gasteiger partial charge in [0.15, 0.2) is 0 Å². The summed E-state index contributed by atoms with van der Waals surface area (Å²) in [7, 11) is 1.79. The lowest BCUT2D eigenvalue weighted by atomic mass is 9.83. The van der Waals surface area contributed by atoms with Crippen molar-refractivity contribution in [2.24, 2.45) is 11.7 Å². The molecule has 110 valence electrons. The Morgan fingerprint density at radius 1 is 1.45 bits per heavy atom. The third kappa shape index (κ3) is 3.20. The fraction of sp³-hybridized carbons (Fsp3) is 0.533. The van der Waals surface area contributed by atoms with Crippen molar-refractivity contribution in [2.45, 2.75) is 31.7 Å². The van der Waals surface area contributed by atoms with Crippen molar-refractivity contribution in [2.75, 3.05) is 13.6 Å². The molecule has 0 bridgehead atoms. The third-order valence-electron chi connectivity index (χ3n) is 4.15. The quantitative estimate of drug-likeness (QED) is 0.916. The Morgan fingerprint density at radius 3 is 2.85 bits per heavy atom. The summed E-state index contributed by atoms with van der Waals surface area (Å²) < 4.78 is 14.0. The van der Waals surface area contributed by atoms with Crippen LogP contribution in [0, 0.1) is 11.7 Å². The molecule has 2 N–H and O–H groups in total. The van der Waals surface area contributed by atoms with Gasteiger partial charge < -0.3 is 10.6 Å². The average Bonchev–Trinajstić information content (AvgIpc) is 2.48. The van der Waals surface area contributed by atoms with Crippen molar-refractivity contribution in [3.05, 3.63) is 34.1 Å². The molecule has 1 fully saturated rings. The molecule has 0 heterocycles. The minimum absolute atomic E-state index is 0.149. The monoisotopic (exact) mass is 342 g/mol. The van der Waals surface area contributed by atoms with E-state index < -0.39 is 5.82 Å². The van der Waals surface area contributed by atoms with Gasteiger partial charge in [-0.15, -0.1) is 0 Å². The first kappa shape index (κ1) is 15.4. The van der Waals surface area contributed by atoms with E-state index in [2.05, 4.69) is 15.9 Å². The Labute approximate surface area is 127 Å². The van der Waals surface area contributed by atoms with Crippen LogP contribution in [0.25, 0.3) is 0 Å². The van der Waals surface area contributed by atoms with Crippen molar-refractivity contribution in [1.29, 1.82) is 0 Å². The van der Waals surface area contributed by atoms with Gasteiger partial charge in [0.2, 0.25) is 0 Å². The van der Waals surface area contributed by atoms with E-state index in [0.717, 1.165) is 19.3 Å². The molecule has 1 aliphatic rings. The zero-order chi connectivity index (χ0) is 14.7. The molecule has 1 saturated carbocycles. The van der Waals surface area contributed by atoms with E-state index in [1.54, 1.807) is 18.0 Å². The number of halogens is 2. The molecule has 0 saturated heterocycles. The highest BCUT2D eigenvalue weighted by atomic mass is 79.9. The summed E-state index contributed by atoms with van der Waals surface area (Å²) in [5.74, 6) is -0.212. The highest BCUT2D eigenvalue weighted by molar-refractivity contribution is 9.10. The maximum Gasteiger partial charge on any atom is 0.255 e. The van der Waals surface area contributed by atoms with Crippen molar-refractivity contribution < 1.29 is 9.18 Å². The molecule has 2 atom stereocenters.